The molecule has 0 bridgehead atoms. The molecule has 0 aliphatic carbocycles. The van der Waals surface area contributed by atoms with Gasteiger partial charge >= 0.3 is 0 Å². The molecular weight excluding hydrogens is 361 g/mol. The number of benzene rings is 1. The monoisotopic (exact) mass is 387 g/mol. The number of carbonyl (C=O) groups excluding carboxylic acids is 1. The second-order valence-corrected chi connectivity index (χ2v) is 6.96. The first kappa shape index (κ1) is 20.0. The number of rotatable bonds is 9. The highest BCUT2D eigenvalue weighted by Crippen LogP contribution is 2.26. The van der Waals surface area contributed by atoms with Crippen LogP contribution >= 0.6 is 0 Å². The fourth-order valence-corrected chi connectivity index (χ4v) is 3.31. The van der Waals surface area contributed by atoms with Crippen LogP contribution in [0.4, 0.5) is 16.0 Å². The van der Waals surface area contributed by atoms with Crippen molar-refractivity contribution >= 4 is 17.5 Å². The Morgan fingerprint density at radius 3 is 2.54 bits per heavy atom. The zero-order chi connectivity index (χ0) is 19.9. The Morgan fingerprint density at radius 1 is 1.07 bits per heavy atom. The van der Waals surface area contributed by atoms with Crippen molar-refractivity contribution in [2.75, 3.05) is 18.0 Å². The minimum absolute atomic E-state index is 0.185. The van der Waals surface area contributed by atoms with Gasteiger partial charge in [0.25, 0.3) is 11.5 Å². The lowest BCUT2D eigenvalue weighted by atomic mass is 10.1. The molecule has 0 saturated heterocycles. The molecule has 0 unspecified atom stereocenters. The minimum atomic E-state index is -0.485. The van der Waals surface area contributed by atoms with Gasteiger partial charge in [0, 0.05) is 25.3 Å². The van der Waals surface area contributed by atoms with E-state index in [1.165, 1.54) is 36.0 Å². The lowest BCUT2D eigenvalue weighted by Gasteiger charge is -2.16. The average Bonchev–Trinajstić information content (AvgIpc) is 3.13. The highest BCUT2D eigenvalue weighted by atomic mass is 19.1. The van der Waals surface area contributed by atoms with Crippen LogP contribution in [0.15, 0.2) is 29.1 Å². The third-order valence-corrected chi connectivity index (χ3v) is 4.89. The highest BCUT2D eigenvalue weighted by molar-refractivity contribution is 5.91. The van der Waals surface area contributed by atoms with Crippen LogP contribution in [0.25, 0.3) is 0 Å². The van der Waals surface area contributed by atoms with Crippen molar-refractivity contribution in [3.05, 3.63) is 46.1 Å². The number of nitrogens with zero attached hydrogens (tertiary/aromatic N) is 4. The number of anilines is 2. The van der Waals surface area contributed by atoms with Gasteiger partial charge in [0.15, 0.2) is 0 Å². The molecule has 7 nitrogen and oxygen atoms in total. The number of halogens is 1. The fraction of sp³-hybridized carbons (Fsp3) is 0.500. The van der Waals surface area contributed by atoms with Crippen LogP contribution in [0.1, 0.15) is 55.9 Å². The molecule has 2 heterocycles. The molecule has 2 aromatic rings. The summed E-state index contributed by atoms with van der Waals surface area (Å²) in [5.74, 6) is -0.450. The van der Waals surface area contributed by atoms with Crippen molar-refractivity contribution < 1.29 is 9.18 Å². The summed E-state index contributed by atoms with van der Waals surface area (Å²) in [5, 5.41) is 10.7. The van der Waals surface area contributed by atoms with E-state index in [0.29, 0.717) is 25.6 Å². The molecule has 1 N–H and O–H groups in total. The maximum Gasteiger partial charge on any atom is 0.286 e. The fourth-order valence-electron chi connectivity index (χ4n) is 3.31. The lowest BCUT2D eigenvalue weighted by Crippen LogP contribution is -2.35. The summed E-state index contributed by atoms with van der Waals surface area (Å²) in [7, 11) is 0. The van der Waals surface area contributed by atoms with Crippen LogP contribution in [-0.4, -0.2) is 33.8 Å². The van der Waals surface area contributed by atoms with E-state index in [1.807, 2.05) is 0 Å². The summed E-state index contributed by atoms with van der Waals surface area (Å²) < 4.78 is 14.6. The molecule has 0 spiro atoms. The van der Waals surface area contributed by atoms with E-state index in [2.05, 4.69) is 22.4 Å². The van der Waals surface area contributed by atoms with E-state index in [1.54, 1.807) is 17.0 Å². The quantitative estimate of drug-likeness (QED) is 0.669. The Kier molecular flexibility index (Phi) is 6.73. The van der Waals surface area contributed by atoms with Crippen LogP contribution in [0.2, 0.25) is 0 Å². The van der Waals surface area contributed by atoms with Gasteiger partial charge in [-0.05, 0) is 30.7 Å². The Balaban J connectivity index is 1.62. The molecule has 0 saturated carbocycles. The number of fused-ring (bicyclic) bond motifs is 1. The topological polar surface area (TPSA) is 80.1 Å². The number of hydrogen-bond acceptors (Lipinski definition) is 5. The number of unbranched alkanes of at least 4 members (excludes halogenated alkanes) is 5. The number of amides is 1. The van der Waals surface area contributed by atoms with E-state index < -0.39 is 11.5 Å². The van der Waals surface area contributed by atoms with Gasteiger partial charge in [-0.3, -0.25) is 14.2 Å². The predicted molar refractivity (Wildman–Crippen MR) is 105 cm³/mol. The Hall–Kier alpha value is -2.77. The maximum absolute atomic E-state index is 13.1. The second kappa shape index (κ2) is 9.43. The predicted octanol–water partition coefficient (Wildman–Crippen LogP) is 3.02. The van der Waals surface area contributed by atoms with Crippen molar-refractivity contribution in [1.82, 2.24) is 20.1 Å². The zero-order valence-corrected chi connectivity index (χ0v) is 16.2. The standard InChI is InChI=1S/C20H26FN5O2/c1-2-3-4-5-6-7-12-22-18(27)17-19(28)26-14-13-25(20(26)24-23-17)16-10-8-15(21)9-11-16/h8-11H,2-7,12-14H2,1H3,(H,22,27). The first-order chi connectivity index (χ1) is 13.6. The summed E-state index contributed by atoms with van der Waals surface area (Å²) in [6, 6.07) is 5.96. The highest BCUT2D eigenvalue weighted by Gasteiger charge is 2.27. The van der Waals surface area contributed by atoms with E-state index >= 15 is 0 Å². The first-order valence-electron chi connectivity index (χ1n) is 9.90. The lowest BCUT2D eigenvalue weighted by molar-refractivity contribution is 0.0944. The van der Waals surface area contributed by atoms with Gasteiger partial charge in [-0.15, -0.1) is 10.2 Å². The normalized spacial score (nSPS) is 12.9. The summed E-state index contributed by atoms with van der Waals surface area (Å²) in [6.45, 7) is 3.61. The minimum Gasteiger partial charge on any atom is -0.350 e. The van der Waals surface area contributed by atoms with Crippen molar-refractivity contribution in [3.8, 4) is 0 Å². The van der Waals surface area contributed by atoms with Gasteiger partial charge < -0.3 is 10.2 Å². The number of hydrogen-bond donors (Lipinski definition) is 1. The van der Waals surface area contributed by atoms with Gasteiger partial charge in [-0.25, -0.2) is 4.39 Å². The molecule has 28 heavy (non-hydrogen) atoms. The Bertz CT molecular complexity index is 866. The maximum atomic E-state index is 13.1. The number of aromatic nitrogens is 3. The zero-order valence-electron chi connectivity index (χ0n) is 16.2. The van der Waals surface area contributed by atoms with Crippen molar-refractivity contribution in [3.63, 3.8) is 0 Å². The van der Waals surface area contributed by atoms with Crippen LogP contribution in [-0.2, 0) is 6.54 Å². The number of carbonyl (C=O) groups is 1. The largest absolute Gasteiger partial charge is 0.350 e. The molecule has 1 aliphatic heterocycles. The third kappa shape index (κ3) is 4.55. The van der Waals surface area contributed by atoms with Crippen LogP contribution in [0, 0.1) is 5.82 Å². The van der Waals surface area contributed by atoms with Crippen molar-refractivity contribution in [2.24, 2.45) is 0 Å². The van der Waals surface area contributed by atoms with Crippen LogP contribution in [0.3, 0.4) is 0 Å². The third-order valence-electron chi connectivity index (χ3n) is 4.89. The van der Waals surface area contributed by atoms with Gasteiger partial charge in [0.2, 0.25) is 11.6 Å². The molecule has 3 rings (SSSR count). The van der Waals surface area contributed by atoms with Crippen molar-refractivity contribution in [2.45, 2.75) is 52.0 Å². The Morgan fingerprint density at radius 2 is 1.79 bits per heavy atom. The summed E-state index contributed by atoms with van der Waals surface area (Å²) in [4.78, 5) is 26.7. The molecule has 1 aromatic carbocycles. The van der Waals surface area contributed by atoms with E-state index in [4.69, 9.17) is 0 Å². The summed E-state index contributed by atoms with van der Waals surface area (Å²) in [6.07, 6.45) is 6.76. The van der Waals surface area contributed by atoms with E-state index in [-0.39, 0.29) is 11.5 Å². The van der Waals surface area contributed by atoms with Gasteiger partial charge in [0.05, 0.1) is 0 Å². The molecule has 150 valence electrons. The van der Waals surface area contributed by atoms with Gasteiger partial charge in [0.1, 0.15) is 5.82 Å². The molecule has 1 aromatic heterocycles. The SMILES string of the molecule is CCCCCCCCNC(=O)c1nnc2n(c1=O)CCN2c1ccc(F)cc1. The molecule has 0 radical (unpaired) electrons. The molecule has 0 fully saturated rings. The Labute approximate surface area is 163 Å². The van der Waals surface area contributed by atoms with E-state index in [9.17, 15) is 14.0 Å². The van der Waals surface area contributed by atoms with Gasteiger partial charge in [-0.1, -0.05) is 39.0 Å². The second-order valence-electron chi connectivity index (χ2n) is 6.96. The summed E-state index contributed by atoms with van der Waals surface area (Å²) >= 11 is 0. The molecule has 8 heteroatoms. The molecule has 1 aliphatic rings. The van der Waals surface area contributed by atoms with E-state index in [0.717, 1.165) is 24.9 Å². The average molecular weight is 387 g/mol. The van der Waals surface area contributed by atoms with Crippen LogP contribution < -0.4 is 15.8 Å². The smallest absolute Gasteiger partial charge is 0.286 e. The summed E-state index contributed by atoms with van der Waals surface area (Å²) in [5.41, 5.74) is 0.0902. The van der Waals surface area contributed by atoms with Gasteiger partial charge in [-0.2, -0.15) is 0 Å². The van der Waals surface area contributed by atoms with Crippen LogP contribution in [0.5, 0.6) is 0 Å². The first-order valence-corrected chi connectivity index (χ1v) is 9.90. The molecule has 0 atom stereocenters. The number of nitrogens with one attached hydrogen (secondary N) is 1. The van der Waals surface area contributed by atoms with Crippen molar-refractivity contribution in [1.29, 1.82) is 0 Å². The molecule has 1 amide bonds. The molecular formula is C20H26FN5O2.